The van der Waals surface area contributed by atoms with Gasteiger partial charge >= 0.3 is 0 Å². The molecule has 0 radical (unpaired) electrons. The number of amides is 1. The molecule has 0 spiro atoms. The van der Waals surface area contributed by atoms with Crippen molar-refractivity contribution in [2.45, 2.75) is 18.3 Å². The molecule has 1 saturated carbocycles. The molecular weight excluding hydrogens is 320 g/mol. The lowest BCUT2D eigenvalue weighted by atomic mass is 9.95. The molecule has 1 aromatic rings. The normalized spacial score (nSPS) is 15.9. The van der Waals surface area contributed by atoms with E-state index in [4.69, 9.17) is 4.74 Å². The number of hydrogen-bond acceptors (Lipinski definition) is 3. The van der Waals surface area contributed by atoms with Gasteiger partial charge in [-0.1, -0.05) is 28.1 Å². The molecule has 20 heavy (non-hydrogen) atoms. The second-order valence-corrected chi connectivity index (χ2v) is 6.00. The molecule has 1 fully saturated rings. The zero-order valence-electron chi connectivity index (χ0n) is 11.7. The van der Waals surface area contributed by atoms with Crippen molar-refractivity contribution in [2.75, 3.05) is 33.4 Å². The molecule has 0 saturated heterocycles. The smallest absolute Gasteiger partial charge is 0.230 e. The minimum atomic E-state index is -0.284. The average Bonchev–Trinajstić information content (AvgIpc) is 3.25. The molecule has 0 atom stereocenters. The highest BCUT2D eigenvalue weighted by Gasteiger charge is 2.50. The Labute approximate surface area is 128 Å². The number of halogens is 1. The molecule has 1 aromatic carbocycles. The van der Waals surface area contributed by atoms with E-state index in [2.05, 4.69) is 26.6 Å². The minimum absolute atomic E-state index is 0.147. The van der Waals surface area contributed by atoms with Gasteiger partial charge in [0.2, 0.25) is 5.91 Å². The molecule has 1 aliphatic carbocycles. The Morgan fingerprint density at radius 3 is 2.55 bits per heavy atom. The van der Waals surface area contributed by atoms with Crippen LogP contribution in [0.15, 0.2) is 28.7 Å². The number of carbonyl (C=O) groups excluding carboxylic acids is 1. The van der Waals surface area contributed by atoms with Gasteiger partial charge in [-0.3, -0.25) is 4.79 Å². The molecule has 0 heterocycles. The third-order valence-electron chi connectivity index (χ3n) is 3.65. The van der Waals surface area contributed by atoms with Crippen LogP contribution in [-0.2, 0) is 14.9 Å². The molecule has 4 nitrogen and oxygen atoms in total. The number of nitrogens with one attached hydrogen (secondary N) is 2. The summed E-state index contributed by atoms with van der Waals surface area (Å²) in [6.45, 7) is 2.92. The summed E-state index contributed by atoms with van der Waals surface area (Å²) in [7, 11) is 1.68. The SMILES string of the molecule is COCCNCCNC(=O)C1(c2ccc(Br)cc2)CC1. The molecule has 2 rings (SSSR count). The van der Waals surface area contributed by atoms with Crippen LogP contribution in [-0.4, -0.2) is 39.3 Å². The summed E-state index contributed by atoms with van der Waals surface area (Å²) in [5, 5.41) is 6.24. The second-order valence-electron chi connectivity index (χ2n) is 5.09. The molecular formula is C15H21BrN2O2. The first-order chi connectivity index (χ1) is 9.69. The molecule has 5 heteroatoms. The lowest BCUT2D eigenvalue weighted by molar-refractivity contribution is -0.123. The number of rotatable bonds is 8. The highest BCUT2D eigenvalue weighted by atomic mass is 79.9. The number of ether oxygens (including phenoxy) is 1. The van der Waals surface area contributed by atoms with Crippen LogP contribution in [0.5, 0.6) is 0 Å². The number of carbonyl (C=O) groups is 1. The Morgan fingerprint density at radius 1 is 1.25 bits per heavy atom. The molecule has 0 bridgehead atoms. The van der Waals surface area contributed by atoms with Crippen molar-refractivity contribution in [1.82, 2.24) is 10.6 Å². The van der Waals surface area contributed by atoms with E-state index in [0.29, 0.717) is 13.2 Å². The fraction of sp³-hybridized carbons (Fsp3) is 0.533. The van der Waals surface area contributed by atoms with Crippen molar-refractivity contribution in [2.24, 2.45) is 0 Å². The molecule has 0 unspecified atom stereocenters. The van der Waals surface area contributed by atoms with E-state index in [0.717, 1.165) is 36.0 Å². The van der Waals surface area contributed by atoms with E-state index in [9.17, 15) is 4.79 Å². The Balaban J connectivity index is 1.78. The van der Waals surface area contributed by atoms with Gasteiger partial charge in [0.05, 0.1) is 12.0 Å². The lowest BCUT2D eigenvalue weighted by Crippen LogP contribution is -2.39. The van der Waals surface area contributed by atoms with E-state index < -0.39 is 0 Å². The third-order valence-corrected chi connectivity index (χ3v) is 4.18. The van der Waals surface area contributed by atoms with Crippen LogP contribution in [0.3, 0.4) is 0 Å². The predicted molar refractivity (Wildman–Crippen MR) is 82.8 cm³/mol. The largest absolute Gasteiger partial charge is 0.383 e. The van der Waals surface area contributed by atoms with Gasteiger partial charge in [-0.25, -0.2) is 0 Å². The predicted octanol–water partition coefficient (Wildman–Crippen LogP) is 1.83. The maximum absolute atomic E-state index is 12.3. The van der Waals surface area contributed by atoms with Gasteiger partial charge in [-0.2, -0.15) is 0 Å². The summed E-state index contributed by atoms with van der Waals surface area (Å²) in [5.41, 5.74) is 0.832. The van der Waals surface area contributed by atoms with E-state index in [1.165, 1.54) is 0 Å². The zero-order chi connectivity index (χ0) is 14.4. The van der Waals surface area contributed by atoms with E-state index in [-0.39, 0.29) is 11.3 Å². The van der Waals surface area contributed by atoms with Crippen molar-refractivity contribution in [3.63, 3.8) is 0 Å². The van der Waals surface area contributed by atoms with Gasteiger partial charge in [0.1, 0.15) is 0 Å². The van der Waals surface area contributed by atoms with Crippen LogP contribution in [0.4, 0.5) is 0 Å². The first-order valence-corrected chi connectivity index (χ1v) is 7.72. The summed E-state index contributed by atoms with van der Waals surface area (Å²) in [6, 6.07) is 8.06. The lowest BCUT2D eigenvalue weighted by Gasteiger charge is -2.16. The van der Waals surface area contributed by atoms with Crippen LogP contribution in [0.2, 0.25) is 0 Å². The molecule has 110 valence electrons. The molecule has 1 amide bonds. The quantitative estimate of drug-likeness (QED) is 0.710. The highest BCUT2D eigenvalue weighted by Crippen LogP contribution is 2.48. The Morgan fingerprint density at radius 2 is 1.95 bits per heavy atom. The zero-order valence-corrected chi connectivity index (χ0v) is 13.3. The van der Waals surface area contributed by atoms with Gasteiger partial charge in [-0.05, 0) is 30.5 Å². The van der Waals surface area contributed by atoms with Crippen molar-refractivity contribution in [3.8, 4) is 0 Å². The molecule has 1 aliphatic rings. The summed E-state index contributed by atoms with van der Waals surface area (Å²) in [6.07, 6.45) is 1.88. The van der Waals surface area contributed by atoms with Gasteiger partial charge in [-0.15, -0.1) is 0 Å². The summed E-state index contributed by atoms with van der Waals surface area (Å²) in [5.74, 6) is 0.147. The topological polar surface area (TPSA) is 50.4 Å². The summed E-state index contributed by atoms with van der Waals surface area (Å²) in [4.78, 5) is 12.3. The standard InChI is InChI=1S/C15H21BrN2O2/c1-20-11-10-17-8-9-18-14(19)15(6-7-15)12-2-4-13(16)5-3-12/h2-5,17H,6-11H2,1H3,(H,18,19). The number of methoxy groups -OCH3 is 1. The molecule has 2 N–H and O–H groups in total. The van der Waals surface area contributed by atoms with Crippen LogP contribution >= 0.6 is 15.9 Å². The van der Waals surface area contributed by atoms with Gasteiger partial charge < -0.3 is 15.4 Å². The average molecular weight is 341 g/mol. The Kier molecular flexibility index (Phi) is 5.57. The van der Waals surface area contributed by atoms with Crippen molar-refractivity contribution >= 4 is 21.8 Å². The van der Waals surface area contributed by atoms with Crippen LogP contribution < -0.4 is 10.6 Å². The van der Waals surface area contributed by atoms with Gasteiger partial charge in [0, 0.05) is 31.2 Å². The summed E-state index contributed by atoms with van der Waals surface area (Å²) < 4.78 is 5.99. The van der Waals surface area contributed by atoms with Crippen molar-refractivity contribution in [1.29, 1.82) is 0 Å². The van der Waals surface area contributed by atoms with Crippen LogP contribution in [0.25, 0.3) is 0 Å². The monoisotopic (exact) mass is 340 g/mol. The fourth-order valence-corrected chi connectivity index (χ4v) is 2.54. The maximum Gasteiger partial charge on any atom is 0.230 e. The number of hydrogen-bond donors (Lipinski definition) is 2. The van der Waals surface area contributed by atoms with Gasteiger partial charge in [0.25, 0.3) is 0 Å². The van der Waals surface area contributed by atoms with Crippen molar-refractivity contribution < 1.29 is 9.53 Å². The van der Waals surface area contributed by atoms with Gasteiger partial charge in [0.15, 0.2) is 0 Å². The Hall–Kier alpha value is -0.910. The molecule has 0 aliphatic heterocycles. The maximum atomic E-state index is 12.3. The number of benzene rings is 1. The minimum Gasteiger partial charge on any atom is -0.383 e. The van der Waals surface area contributed by atoms with Crippen molar-refractivity contribution in [3.05, 3.63) is 34.3 Å². The van der Waals surface area contributed by atoms with Crippen LogP contribution in [0.1, 0.15) is 18.4 Å². The van der Waals surface area contributed by atoms with E-state index >= 15 is 0 Å². The third kappa shape index (κ3) is 3.81. The Bertz CT molecular complexity index is 444. The van der Waals surface area contributed by atoms with E-state index in [1.807, 2.05) is 24.3 Å². The first-order valence-electron chi connectivity index (χ1n) is 6.93. The fourth-order valence-electron chi connectivity index (χ4n) is 2.27. The van der Waals surface area contributed by atoms with Crippen LogP contribution in [0, 0.1) is 0 Å². The van der Waals surface area contributed by atoms with E-state index in [1.54, 1.807) is 7.11 Å². The second kappa shape index (κ2) is 7.20. The highest BCUT2D eigenvalue weighted by molar-refractivity contribution is 9.10. The first kappa shape index (κ1) is 15.5. The molecule has 0 aromatic heterocycles. The summed E-state index contributed by atoms with van der Waals surface area (Å²) >= 11 is 3.42.